The van der Waals surface area contributed by atoms with E-state index in [2.05, 4.69) is 20.3 Å². The lowest BCUT2D eigenvalue weighted by Gasteiger charge is -2.34. The zero-order valence-corrected chi connectivity index (χ0v) is 14.1. The van der Waals surface area contributed by atoms with Crippen molar-refractivity contribution in [3.05, 3.63) is 39.9 Å². The number of hydrogen-bond donors (Lipinski definition) is 0. The van der Waals surface area contributed by atoms with E-state index in [9.17, 15) is 4.79 Å². The standard InChI is InChI=1S/C17H20N4OS/c1-11-10-23-16(19-11)14-4-2-3-9-21(14)17(22)13-7-8-18-15(20-13)12-5-6-12/h7-8,10,12,14H,2-6,9H2,1H3/t14-/m1/s1. The minimum absolute atomic E-state index is 0.0202. The predicted molar refractivity (Wildman–Crippen MR) is 88.5 cm³/mol. The number of hydrogen-bond acceptors (Lipinski definition) is 5. The summed E-state index contributed by atoms with van der Waals surface area (Å²) in [5.41, 5.74) is 1.56. The third-order valence-corrected chi connectivity index (χ3v) is 5.59. The third-order valence-electron chi connectivity index (χ3n) is 4.52. The topological polar surface area (TPSA) is 59.0 Å². The van der Waals surface area contributed by atoms with Crippen LogP contribution >= 0.6 is 11.3 Å². The van der Waals surface area contributed by atoms with E-state index in [1.54, 1.807) is 23.6 Å². The Morgan fingerprint density at radius 2 is 2.13 bits per heavy atom. The summed E-state index contributed by atoms with van der Waals surface area (Å²) in [6.45, 7) is 2.78. The number of aromatic nitrogens is 3. The van der Waals surface area contributed by atoms with Gasteiger partial charge in [0.15, 0.2) is 0 Å². The smallest absolute Gasteiger partial charge is 0.273 e. The van der Waals surface area contributed by atoms with Crippen molar-refractivity contribution in [1.29, 1.82) is 0 Å². The van der Waals surface area contributed by atoms with Crippen LogP contribution in [-0.2, 0) is 0 Å². The summed E-state index contributed by atoms with van der Waals surface area (Å²) in [6.07, 6.45) is 7.18. The number of likely N-dealkylation sites (tertiary alicyclic amines) is 1. The van der Waals surface area contributed by atoms with E-state index in [4.69, 9.17) is 0 Å². The number of carbonyl (C=O) groups excluding carboxylic acids is 1. The van der Waals surface area contributed by atoms with Crippen molar-refractivity contribution in [1.82, 2.24) is 19.9 Å². The van der Waals surface area contributed by atoms with E-state index in [1.807, 2.05) is 11.8 Å². The van der Waals surface area contributed by atoms with Crippen molar-refractivity contribution in [3.8, 4) is 0 Å². The van der Waals surface area contributed by atoms with Gasteiger partial charge in [-0.05, 0) is 45.1 Å². The first kappa shape index (κ1) is 14.8. The lowest BCUT2D eigenvalue weighted by atomic mass is 10.0. The summed E-state index contributed by atoms with van der Waals surface area (Å²) in [7, 11) is 0. The van der Waals surface area contributed by atoms with Crippen LogP contribution in [0.3, 0.4) is 0 Å². The summed E-state index contributed by atoms with van der Waals surface area (Å²) in [5.74, 6) is 1.31. The van der Waals surface area contributed by atoms with Crippen molar-refractivity contribution in [2.45, 2.75) is 51.0 Å². The number of amides is 1. The number of carbonyl (C=O) groups is 1. The molecule has 1 aliphatic heterocycles. The van der Waals surface area contributed by atoms with Gasteiger partial charge in [-0.2, -0.15) is 0 Å². The van der Waals surface area contributed by atoms with E-state index in [-0.39, 0.29) is 11.9 Å². The van der Waals surface area contributed by atoms with Crippen molar-refractivity contribution in [2.24, 2.45) is 0 Å². The minimum Gasteiger partial charge on any atom is -0.328 e. The Morgan fingerprint density at radius 1 is 1.26 bits per heavy atom. The molecule has 2 aromatic heterocycles. The number of nitrogens with zero attached hydrogens (tertiary/aromatic N) is 4. The van der Waals surface area contributed by atoms with Gasteiger partial charge in [0.2, 0.25) is 0 Å². The molecule has 0 spiro atoms. The highest BCUT2D eigenvalue weighted by Crippen LogP contribution is 2.38. The average molecular weight is 328 g/mol. The van der Waals surface area contributed by atoms with Gasteiger partial charge in [0.1, 0.15) is 16.5 Å². The van der Waals surface area contributed by atoms with Crippen LogP contribution in [-0.4, -0.2) is 32.3 Å². The van der Waals surface area contributed by atoms with Crippen LogP contribution in [0, 0.1) is 6.92 Å². The first-order chi connectivity index (χ1) is 11.2. The van der Waals surface area contributed by atoms with Crippen LogP contribution in [0.15, 0.2) is 17.6 Å². The number of piperidine rings is 1. The summed E-state index contributed by atoms with van der Waals surface area (Å²) in [5, 5.41) is 3.11. The molecule has 0 radical (unpaired) electrons. The van der Waals surface area contributed by atoms with Gasteiger partial charge in [-0.25, -0.2) is 15.0 Å². The summed E-state index contributed by atoms with van der Waals surface area (Å²) < 4.78 is 0. The van der Waals surface area contributed by atoms with Gasteiger partial charge in [0.25, 0.3) is 5.91 Å². The molecular formula is C17H20N4OS. The molecule has 2 aromatic rings. The summed E-state index contributed by atoms with van der Waals surface area (Å²) in [6, 6.07) is 1.83. The molecule has 5 nitrogen and oxygen atoms in total. The quantitative estimate of drug-likeness (QED) is 0.865. The Hall–Kier alpha value is -1.82. The van der Waals surface area contributed by atoms with Gasteiger partial charge >= 0.3 is 0 Å². The second-order valence-corrected chi connectivity index (χ2v) is 7.30. The molecule has 1 amide bonds. The van der Waals surface area contributed by atoms with Gasteiger partial charge in [-0.3, -0.25) is 4.79 Å². The Labute approximate surface area is 139 Å². The second-order valence-electron chi connectivity index (χ2n) is 6.41. The Kier molecular flexibility index (Phi) is 3.85. The van der Waals surface area contributed by atoms with Crippen molar-refractivity contribution in [2.75, 3.05) is 6.54 Å². The van der Waals surface area contributed by atoms with Crippen LogP contribution in [0.1, 0.15) is 71.1 Å². The van der Waals surface area contributed by atoms with Crippen LogP contribution in [0.2, 0.25) is 0 Å². The molecule has 4 rings (SSSR count). The first-order valence-corrected chi connectivity index (χ1v) is 9.16. The second kappa shape index (κ2) is 6.00. The molecule has 1 aliphatic carbocycles. The summed E-state index contributed by atoms with van der Waals surface area (Å²) in [4.78, 5) is 28.4. The van der Waals surface area contributed by atoms with Gasteiger partial charge in [0, 0.05) is 29.7 Å². The number of thiazole rings is 1. The molecule has 1 atom stereocenters. The maximum absolute atomic E-state index is 13.0. The molecule has 1 saturated carbocycles. The number of rotatable bonds is 3. The lowest BCUT2D eigenvalue weighted by molar-refractivity contribution is 0.0604. The van der Waals surface area contributed by atoms with Crippen molar-refractivity contribution in [3.63, 3.8) is 0 Å². The molecule has 6 heteroatoms. The molecule has 2 fully saturated rings. The SMILES string of the molecule is Cc1csc([C@H]2CCCCN2C(=O)c2ccnc(C3CC3)n2)n1. The molecule has 120 valence electrons. The van der Waals surface area contributed by atoms with Gasteiger partial charge in [-0.1, -0.05) is 0 Å². The largest absolute Gasteiger partial charge is 0.328 e. The molecule has 0 N–H and O–H groups in total. The fourth-order valence-electron chi connectivity index (χ4n) is 3.13. The van der Waals surface area contributed by atoms with E-state index >= 15 is 0 Å². The van der Waals surface area contributed by atoms with Crippen LogP contribution in [0.5, 0.6) is 0 Å². The highest BCUT2D eigenvalue weighted by atomic mass is 32.1. The maximum atomic E-state index is 13.0. The lowest BCUT2D eigenvalue weighted by Crippen LogP contribution is -2.39. The van der Waals surface area contributed by atoms with E-state index in [0.717, 1.165) is 55.2 Å². The maximum Gasteiger partial charge on any atom is 0.273 e. The molecule has 2 aliphatic rings. The average Bonchev–Trinajstić information content (AvgIpc) is 3.36. The fraction of sp³-hybridized carbons (Fsp3) is 0.529. The Balaban J connectivity index is 1.61. The first-order valence-electron chi connectivity index (χ1n) is 8.28. The molecule has 3 heterocycles. The number of aryl methyl sites for hydroxylation is 1. The van der Waals surface area contributed by atoms with E-state index < -0.39 is 0 Å². The highest BCUT2D eigenvalue weighted by molar-refractivity contribution is 7.09. The zero-order valence-electron chi connectivity index (χ0n) is 13.2. The molecule has 23 heavy (non-hydrogen) atoms. The normalized spacial score (nSPS) is 21.4. The zero-order chi connectivity index (χ0) is 15.8. The minimum atomic E-state index is 0.0202. The van der Waals surface area contributed by atoms with Crippen LogP contribution < -0.4 is 0 Å². The molecule has 0 unspecified atom stereocenters. The van der Waals surface area contributed by atoms with Gasteiger partial charge in [-0.15, -0.1) is 11.3 Å². The molecule has 0 bridgehead atoms. The van der Waals surface area contributed by atoms with Crippen molar-refractivity contribution >= 4 is 17.2 Å². The Bertz CT molecular complexity index is 725. The fourth-order valence-corrected chi connectivity index (χ4v) is 4.08. The molecule has 1 saturated heterocycles. The van der Waals surface area contributed by atoms with Crippen LogP contribution in [0.4, 0.5) is 0 Å². The van der Waals surface area contributed by atoms with Crippen molar-refractivity contribution < 1.29 is 4.79 Å². The highest BCUT2D eigenvalue weighted by Gasteiger charge is 2.32. The van der Waals surface area contributed by atoms with Crippen LogP contribution in [0.25, 0.3) is 0 Å². The summed E-state index contributed by atoms with van der Waals surface area (Å²) >= 11 is 1.65. The third kappa shape index (κ3) is 3.00. The molecular weight excluding hydrogens is 308 g/mol. The molecule has 0 aromatic carbocycles. The van der Waals surface area contributed by atoms with E-state index in [1.165, 1.54) is 0 Å². The Morgan fingerprint density at radius 3 is 2.87 bits per heavy atom. The van der Waals surface area contributed by atoms with Gasteiger partial charge < -0.3 is 4.90 Å². The predicted octanol–water partition coefficient (Wildman–Crippen LogP) is 3.49. The van der Waals surface area contributed by atoms with Gasteiger partial charge in [0.05, 0.1) is 6.04 Å². The monoisotopic (exact) mass is 328 g/mol. The van der Waals surface area contributed by atoms with E-state index in [0.29, 0.717) is 11.6 Å².